The van der Waals surface area contributed by atoms with E-state index in [9.17, 15) is 0 Å². The predicted molar refractivity (Wildman–Crippen MR) is 74.5 cm³/mol. The molecule has 0 aliphatic carbocycles. The van der Waals surface area contributed by atoms with Crippen molar-refractivity contribution >= 4 is 0 Å². The lowest BCUT2D eigenvalue weighted by Crippen LogP contribution is -1.96. The van der Waals surface area contributed by atoms with Gasteiger partial charge in [-0.15, -0.1) is 0 Å². The Morgan fingerprint density at radius 3 is 1.53 bits per heavy atom. The number of hydrogen-bond donors (Lipinski definition) is 0. The smallest absolute Gasteiger partial charge is 0.0466 e. The normalized spacial score (nSPS) is 10.9. The predicted octanol–water partition coefficient (Wildman–Crippen LogP) is 4.57. The van der Waals surface area contributed by atoms with Crippen LogP contribution in [0, 0.1) is 0 Å². The number of hydrogen-bond acceptors (Lipinski definition) is 2. The van der Waals surface area contributed by atoms with E-state index in [1.165, 1.54) is 57.8 Å². The molecule has 0 N–H and O–H groups in total. The summed E-state index contributed by atoms with van der Waals surface area (Å²) in [6, 6.07) is 0. The summed E-state index contributed by atoms with van der Waals surface area (Å²) in [5.41, 5.74) is 0. The van der Waals surface area contributed by atoms with Gasteiger partial charge in [0, 0.05) is 26.4 Å². The minimum atomic E-state index is 0.859. The highest BCUT2D eigenvalue weighted by molar-refractivity contribution is 4.46. The van der Waals surface area contributed by atoms with Crippen LogP contribution in [0.15, 0.2) is 0 Å². The van der Waals surface area contributed by atoms with Gasteiger partial charge in [0.05, 0.1) is 0 Å². The molecule has 0 rings (SSSR count). The Kier molecular flexibility index (Phi) is 15.8. The van der Waals surface area contributed by atoms with Crippen LogP contribution in [0.4, 0.5) is 0 Å². The molecular weight excluding hydrogens is 212 g/mol. The van der Waals surface area contributed by atoms with E-state index >= 15 is 0 Å². The maximum Gasteiger partial charge on any atom is 0.0466 e. The minimum Gasteiger partial charge on any atom is -0.382 e. The standard InChI is InChI=1S/C15H32O2/c1-3-5-13-17-15-12-10-8-6-7-9-11-14-16-4-2/h3-15H2,1-2H3. The molecule has 0 saturated heterocycles. The third-order valence-corrected chi connectivity index (χ3v) is 2.92. The van der Waals surface area contributed by atoms with Crippen molar-refractivity contribution < 1.29 is 9.47 Å². The molecule has 0 aliphatic rings. The highest BCUT2D eigenvalue weighted by atomic mass is 16.5. The molecule has 104 valence electrons. The zero-order valence-electron chi connectivity index (χ0n) is 12.0. The lowest BCUT2D eigenvalue weighted by molar-refractivity contribution is 0.127. The van der Waals surface area contributed by atoms with Crippen LogP contribution in [0.1, 0.15) is 71.6 Å². The summed E-state index contributed by atoms with van der Waals surface area (Å²) in [6.07, 6.45) is 11.7. The summed E-state index contributed by atoms with van der Waals surface area (Å²) in [4.78, 5) is 0. The van der Waals surface area contributed by atoms with E-state index in [0.29, 0.717) is 0 Å². The van der Waals surface area contributed by atoms with E-state index in [1.54, 1.807) is 0 Å². The molecule has 0 spiro atoms. The average molecular weight is 244 g/mol. The minimum absolute atomic E-state index is 0.859. The quantitative estimate of drug-likeness (QED) is 0.417. The Labute approximate surface area is 108 Å². The SMILES string of the molecule is CCCCOCCCCCCCCCOCC. The first-order valence-electron chi connectivity index (χ1n) is 7.57. The summed E-state index contributed by atoms with van der Waals surface area (Å²) in [6.45, 7) is 7.98. The van der Waals surface area contributed by atoms with Gasteiger partial charge in [-0.05, 0) is 26.2 Å². The molecule has 0 aromatic rings. The maximum atomic E-state index is 5.53. The Hall–Kier alpha value is -0.0800. The molecule has 0 heterocycles. The van der Waals surface area contributed by atoms with Crippen molar-refractivity contribution in [3.05, 3.63) is 0 Å². The molecule has 0 fully saturated rings. The molecule has 2 nitrogen and oxygen atoms in total. The summed E-state index contributed by atoms with van der Waals surface area (Å²) in [5, 5.41) is 0. The van der Waals surface area contributed by atoms with Gasteiger partial charge >= 0.3 is 0 Å². The fourth-order valence-corrected chi connectivity index (χ4v) is 1.78. The van der Waals surface area contributed by atoms with Crippen molar-refractivity contribution in [1.29, 1.82) is 0 Å². The zero-order valence-corrected chi connectivity index (χ0v) is 12.0. The number of ether oxygens (including phenoxy) is 2. The Balaban J connectivity index is 2.85. The lowest BCUT2D eigenvalue weighted by Gasteiger charge is -2.04. The Bertz CT molecular complexity index is 112. The van der Waals surface area contributed by atoms with E-state index in [0.717, 1.165) is 26.4 Å². The van der Waals surface area contributed by atoms with Crippen LogP contribution in [0.5, 0.6) is 0 Å². The monoisotopic (exact) mass is 244 g/mol. The van der Waals surface area contributed by atoms with Crippen LogP contribution in [-0.4, -0.2) is 26.4 Å². The average Bonchev–Trinajstić information content (AvgIpc) is 2.35. The fourth-order valence-electron chi connectivity index (χ4n) is 1.78. The van der Waals surface area contributed by atoms with E-state index in [1.807, 2.05) is 0 Å². The Morgan fingerprint density at radius 2 is 1.00 bits per heavy atom. The van der Waals surface area contributed by atoms with Gasteiger partial charge in [-0.3, -0.25) is 0 Å². The first kappa shape index (κ1) is 16.9. The summed E-state index contributed by atoms with van der Waals surface area (Å²) in [7, 11) is 0. The van der Waals surface area contributed by atoms with E-state index < -0.39 is 0 Å². The van der Waals surface area contributed by atoms with Gasteiger partial charge in [-0.25, -0.2) is 0 Å². The van der Waals surface area contributed by atoms with E-state index in [2.05, 4.69) is 13.8 Å². The van der Waals surface area contributed by atoms with Gasteiger partial charge in [0.1, 0.15) is 0 Å². The van der Waals surface area contributed by atoms with Gasteiger partial charge in [0.25, 0.3) is 0 Å². The zero-order chi connectivity index (χ0) is 12.6. The van der Waals surface area contributed by atoms with Crippen molar-refractivity contribution in [2.75, 3.05) is 26.4 Å². The van der Waals surface area contributed by atoms with Gasteiger partial charge < -0.3 is 9.47 Å². The molecule has 0 aromatic heterocycles. The van der Waals surface area contributed by atoms with Crippen LogP contribution in [0.2, 0.25) is 0 Å². The van der Waals surface area contributed by atoms with Gasteiger partial charge in [0.2, 0.25) is 0 Å². The van der Waals surface area contributed by atoms with Crippen molar-refractivity contribution in [2.45, 2.75) is 71.6 Å². The largest absolute Gasteiger partial charge is 0.382 e. The molecule has 0 amide bonds. The lowest BCUT2D eigenvalue weighted by atomic mass is 10.1. The fraction of sp³-hybridized carbons (Fsp3) is 1.00. The molecule has 0 saturated carbocycles. The van der Waals surface area contributed by atoms with Crippen LogP contribution in [-0.2, 0) is 9.47 Å². The molecule has 0 bridgehead atoms. The first-order chi connectivity index (χ1) is 8.41. The van der Waals surface area contributed by atoms with Gasteiger partial charge in [-0.2, -0.15) is 0 Å². The molecule has 0 atom stereocenters. The summed E-state index contributed by atoms with van der Waals surface area (Å²) < 4.78 is 10.8. The second-order valence-corrected chi connectivity index (χ2v) is 4.64. The van der Waals surface area contributed by atoms with Crippen molar-refractivity contribution in [3.63, 3.8) is 0 Å². The summed E-state index contributed by atoms with van der Waals surface area (Å²) >= 11 is 0. The molecule has 0 unspecified atom stereocenters. The molecule has 2 heteroatoms. The molecule has 0 aliphatic heterocycles. The third kappa shape index (κ3) is 15.9. The van der Waals surface area contributed by atoms with E-state index in [4.69, 9.17) is 9.47 Å². The first-order valence-corrected chi connectivity index (χ1v) is 7.57. The van der Waals surface area contributed by atoms with Crippen LogP contribution < -0.4 is 0 Å². The highest BCUT2D eigenvalue weighted by Crippen LogP contribution is 2.07. The number of unbranched alkanes of at least 4 members (excludes halogenated alkanes) is 7. The summed E-state index contributed by atoms with van der Waals surface area (Å²) in [5.74, 6) is 0. The Morgan fingerprint density at radius 1 is 0.529 bits per heavy atom. The number of rotatable bonds is 14. The third-order valence-electron chi connectivity index (χ3n) is 2.92. The van der Waals surface area contributed by atoms with Crippen molar-refractivity contribution in [3.8, 4) is 0 Å². The van der Waals surface area contributed by atoms with Crippen LogP contribution >= 0.6 is 0 Å². The highest BCUT2D eigenvalue weighted by Gasteiger charge is 1.93. The van der Waals surface area contributed by atoms with Crippen LogP contribution in [0.3, 0.4) is 0 Å². The second-order valence-electron chi connectivity index (χ2n) is 4.64. The topological polar surface area (TPSA) is 18.5 Å². The second kappa shape index (κ2) is 15.9. The van der Waals surface area contributed by atoms with E-state index in [-0.39, 0.29) is 0 Å². The molecule has 0 radical (unpaired) electrons. The molecule has 17 heavy (non-hydrogen) atoms. The van der Waals surface area contributed by atoms with Crippen molar-refractivity contribution in [2.24, 2.45) is 0 Å². The van der Waals surface area contributed by atoms with Crippen molar-refractivity contribution in [1.82, 2.24) is 0 Å². The van der Waals surface area contributed by atoms with Gasteiger partial charge in [-0.1, -0.05) is 45.4 Å². The van der Waals surface area contributed by atoms with Crippen LogP contribution in [0.25, 0.3) is 0 Å². The van der Waals surface area contributed by atoms with Gasteiger partial charge in [0.15, 0.2) is 0 Å². The molecular formula is C15H32O2. The molecule has 0 aromatic carbocycles. The maximum absolute atomic E-state index is 5.53.